The molecule has 7 unspecified atom stereocenters. The number of hydrogen-bond acceptors (Lipinski definition) is 6. The molecule has 0 amide bonds. The number of nitrogens with zero attached hydrogens (tertiary/aromatic N) is 3. The van der Waals surface area contributed by atoms with Gasteiger partial charge in [0.15, 0.2) is 12.1 Å². The molecule has 2 saturated carbocycles. The van der Waals surface area contributed by atoms with E-state index in [1.165, 1.54) is 0 Å². The summed E-state index contributed by atoms with van der Waals surface area (Å²) in [5, 5.41) is 28.6. The Morgan fingerprint density at radius 2 is 1.62 bits per heavy atom. The second-order valence-electron chi connectivity index (χ2n) is 12.7. The molecule has 0 aromatic rings. The molecule has 230 valence electrons. The molecule has 0 bridgehead atoms. The van der Waals surface area contributed by atoms with E-state index in [4.69, 9.17) is 5.41 Å². The topological polar surface area (TPSA) is 89.9 Å². The smallest absolute Gasteiger partial charge is 0.383 e. The molecule has 5 N–H and O–H groups in total. The van der Waals surface area contributed by atoms with Crippen LogP contribution in [0.15, 0.2) is 0 Å². The van der Waals surface area contributed by atoms with Crippen molar-refractivity contribution in [2.24, 2.45) is 23.7 Å². The van der Waals surface area contributed by atoms with Gasteiger partial charge in [0, 0.05) is 26.7 Å². The first-order chi connectivity index (χ1) is 18.8. The van der Waals surface area contributed by atoms with E-state index in [1.54, 1.807) is 11.9 Å². The Balaban J connectivity index is 1.20. The highest BCUT2D eigenvalue weighted by atomic mass is 19.4. The summed E-state index contributed by atoms with van der Waals surface area (Å²) in [5.41, 5.74) is 0. The van der Waals surface area contributed by atoms with Crippen molar-refractivity contribution in [3.63, 3.8) is 0 Å². The Morgan fingerprint density at radius 3 is 2.25 bits per heavy atom. The Bertz CT molecular complexity index is 898. The summed E-state index contributed by atoms with van der Waals surface area (Å²) in [6.45, 7) is 1.10. The van der Waals surface area contributed by atoms with Gasteiger partial charge in [0.1, 0.15) is 12.2 Å². The fourth-order valence-electron chi connectivity index (χ4n) is 8.01. The molecule has 3 saturated heterocycles. The van der Waals surface area contributed by atoms with Crippen molar-refractivity contribution in [3.8, 4) is 0 Å². The standard InChI is InChI=1S/C26H43F6N7O/c1-37-13-19(25(27,28)29)35-22(37)15-9-7-14(8-10-15)12-39-23-18(38(2)24(39)33)11-34-21(36-23)17-6-4-3-5-16(17)20(40)26(30,31)32/h14-23,33-36,40H,3-13H2,1-2H3/t14?,15?,16?,17?,18?,19?,20-,21?,22?,23?/m0/s1. The first kappa shape index (κ1) is 30.1. The summed E-state index contributed by atoms with van der Waals surface area (Å²) in [5.74, 6) is -0.477. The maximum Gasteiger partial charge on any atom is 0.414 e. The van der Waals surface area contributed by atoms with Crippen LogP contribution in [0.1, 0.15) is 51.4 Å². The lowest BCUT2D eigenvalue weighted by atomic mass is 9.74. The van der Waals surface area contributed by atoms with Gasteiger partial charge in [-0.15, -0.1) is 0 Å². The molecule has 40 heavy (non-hydrogen) atoms. The molecule has 3 heterocycles. The fraction of sp³-hybridized carbons (Fsp3) is 0.962. The number of guanidine groups is 1. The molecule has 14 heteroatoms. The van der Waals surface area contributed by atoms with Crippen molar-refractivity contribution >= 4 is 5.96 Å². The van der Waals surface area contributed by atoms with Crippen molar-refractivity contribution in [3.05, 3.63) is 0 Å². The van der Waals surface area contributed by atoms with Gasteiger partial charge in [0.2, 0.25) is 0 Å². The van der Waals surface area contributed by atoms with Crippen LogP contribution in [-0.2, 0) is 0 Å². The summed E-state index contributed by atoms with van der Waals surface area (Å²) >= 11 is 0. The van der Waals surface area contributed by atoms with Crippen molar-refractivity contribution < 1.29 is 31.4 Å². The molecule has 8 nitrogen and oxygen atoms in total. The van der Waals surface area contributed by atoms with Crippen LogP contribution < -0.4 is 16.0 Å². The number of fused-ring (bicyclic) bond motifs is 1. The van der Waals surface area contributed by atoms with Crippen LogP contribution in [-0.4, -0.2) is 109 Å². The minimum absolute atomic E-state index is 0.0445. The van der Waals surface area contributed by atoms with Crippen LogP contribution in [0.25, 0.3) is 0 Å². The monoisotopic (exact) mass is 583 g/mol. The minimum atomic E-state index is -4.66. The Kier molecular flexibility index (Phi) is 8.57. The van der Waals surface area contributed by atoms with Gasteiger partial charge in [0.05, 0.1) is 18.4 Å². The zero-order valence-electron chi connectivity index (χ0n) is 23.1. The number of nitrogens with one attached hydrogen (secondary N) is 4. The molecular formula is C26H43F6N7O. The van der Waals surface area contributed by atoms with Crippen LogP contribution in [0.4, 0.5) is 26.3 Å². The molecule has 0 spiro atoms. The van der Waals surface area contributed by atoms with Crippen LogP contribution >= 0.6 is 0 Å². The molecule has 5 fully saturated rings. The summed E-state index contributed by atoms with van der Waals surface area (Å²) < 4.78 is 80.0. The minimum Gasteiger partial charge on any atom is -0.383 e. The highest BCUT2D eigenvalue weighted by molar-refractivity contribution is 5.80. The number of hydrogen-bond donors (Lipinski definition) is 5. The number of likely N-dealkylation sites (N-methyl/N-ethyl adjacent to an activating group) is 2. The van der Waals surface area contributed by atoms with E-state index in [0.29, 0.717) is 38.3 Å². The van der Waals surface area contributed by atoms with Gasteiger partial charge in [-0.25, -0.2) is 0 Å². The van der Waals surface area contributed by atoms with Gasteiger partial charge >= 0.3 is 12.4 Å². The number of halogens is 6. The summed E-state index contributed by atoms with van der Waals surface area (Å²) in [6, 6.07) is -1.55. The van der Waals surface area contributed by atoms with Crippen molar-refractivity contribution in [2.45, 2.75) is 100 Å². The fourth-order valence-corrected chi connectivity index (χ4v) is 8.01. The normalized spacial score (nSPS) is 40.9. The Labute approximate surface area is 231 Å². The molecule has 0 aromatic carbocycles. The molecule has 5 aliphatic rings. The molecule has 8 atom stereocenters. The number of rotatable bonds is 5. The second kappa shape index (κ2) is 11.4. The highest BCUT2D eigenvalue weighted by Gasteiger charge is 2.52. The first-order valence-electron chi connectivity index (χ1n) is 14.6. The van der Waals surface area contributed by atoms with Gasteiger partial charge in [-0.1, -0.05) is 12.8 Å². The lowest BCUT2D eigenvalue weighted by Gasteiger charge is -2.46. The Hall–Kier alpha value is -1.35. The molecular weight excluding hydrogens is 540 g/mol. The number of alkyl halides is 6. The van der Waals surface area contributed by atoms with E-state index >= 15 is 0 Å². The van der Waals surface area contributed by atoms with Crippen molar-refractivity contribution in [1.82, 2.24) is 30.7 Å². The largest absolute Gasteiger partial charge is 0.414 e. The lowest BCUT2D eigenvalue weighted by molar-refractivity contribution is -0.229. The SMILES string of the molecule is CN1CC(C(F)(F)F)NC1C1CCC(CN2C(=N)N(C)C3CNC(C4CCCCC4[C@H](O)C(F)(F)F)NC32)CC1. The zero-order chi connectivity index (χ0) is 29.0. The van der Waals surface area contributed by atoms with E-state index in [9.17, 15) is 31.4 Å². The zero-order valence-corrected chi connectivity index (χ0v) is 23.1. The third kappa shape index (κ3) is 5.93. The van der Waals surface area contributed by atoms with E-state index in [0.717, 1.165) is 32.1 Å². The quantitative estimate of drug-likeness (QED) is 0.318. The molecule has 2 aliphatic carbocycles. The van der Waals surface area contributed by atoms with Crippen molar-refractivity contribution in [1.29, 1.82) is 5.41 Å². The third-order valence-electron chi connectivity index (χ3n) is 10.3. The van der Waals surface area contributed by atoms with Gasteiger partial charge in [0.25, 0.3) is 0 Å². The first-order valence-corrected chi connectivity index (χ1v) is 14.6. The van der Waals surface area contributed by atoms with Gasteiger partial charge in [-0.2, -0.15) is 26.3 Å². The molecule has 5 rings (SSSR count). The maximum absolute atomic E-state index is 13.4. The summed E-state index contributed by atoms with van der Waals surface area (Å²) in [6.07, 6.45) is -6.49. The maximum atomic E-state index is 13.4. The van der Waals surface area contributed by atoms with Gasteiger partial charge in [-0.05, 0) is 69.2 Å². The average Bonchev–Trinajstić information content (AvgIpc) is 3.41. The third-order valence-corrected chi connectivity index (χ3v) is 10.3. The predicted molar refractivity (Wildman–Crippen MR) is 137 cm³/mol. The number of aliphatic hydroxyl groups excluding tert-OH is 1. The summed E-state index contributed by atoms with van der Waals surface area (Å²) in [4.78, 5) is 5.68. The van der Waals surface area contributed by atoms with Gasteiger partial charge < -0.3 is 14.9 Å². The van der Waals surface area contributed by atoms with Crippen LogP contribution in [0, 0.1) is 29.1 Å². The molecule has 0 aromatic heterocycles. The molecule has 0 radical (unpaired) electrons. The average molecular weight is 584 g/mol. The van der Waals surface area contributed by atoms with Gasteiger partial charge in [-0.3, -0.25) is 26.3 Å². The van der Waals surface area contributed by atoms with Crippen LogP contribution in [0.3, 0.4) is 0 Å². The van der Waals surface area contributed by atoms with E-state index < -0.39 is 36.6 Å². The highest BCUT2D eigenvalue weighted by Crippen LogP contribution is 2.41. The Morgan fingerprint density at radius 1 is 0.950 bits per heavy atom. The summed E-state index contributed by atoms with van der Waals surface area (Å²) in [7, 11) is 3.59. The van der Waals surface area contributed by atoms with Crippen LogP contribution in [0.2, 0.25) is 0 Å². The van der Waals surface area contributed by atoms with Crippen LogP contribution in [0.5, 0.6) is 0 Å². The number of aliphatic hydroxyl groups is 1. The van der Waals surface area contributed by atoms with E-state index in [1.807, 2.05) is 16.8 Å². The second-order valence-corrected chi connectivity index (χ2v) is 12.7. The lowest BCUT2D eigenvalue weighted by Crippen LogP contribution is -2.68. The van der Waals surface area contributed by atoms with E-state index in [2.05, 4.69) is 16.0 Å². The predicted octanol–water partition coefficient (Wildman–Crippen LogP) is 2.71. The molecule has 3 aliphatic heterocycles. The van der Waals surface area contributed by atoms with Crippen molar-refractivity contribution in [2.75, 3.05) is 33.7 Å². The van der Waals surface area contributed by atoms with E-state index in [-0.39, 0.29) is 42.7 Å².